The van der Waals surface area contributed by atoms with Crippen molar-refractivity contribution in [2.75, 3.05) is 6.61 Å². The van der Waals surface area contributed by atoms with E-state index in [1.54, 1.807) is 0 Å². The van der Waals surface area contributed by atoms with E-state index >= 15 is 0 Å². The molecule has 3 rings (SSSR count). The third kappa shape index (κ3) is 4.99. The van der Waals surface area contributed by atoms with Gasteiger partial charge < -0.3 is 4.74 Å². The highest BCUT2D eigenvalue weighted by Crippen LogP contribution is 2.42. The fourth-order valence-electron chi connectivity index (χ4n) is 4.91. The molecule has 0 spiro atoms. The molecule has 2 aliphatic rings. The van der Waals surface area contributed by atoms with Crippen LogP contribution in [0.2, 0.25) is 0 Å². The van der Waals surface area contributed by atoms with Gasteiger partial charge in [-0.3, -0.25) is 0 Å². The Kier molecular flexibility index (Phi) is 6.42. The molecule has 0 saturated heterocycles. The zero-order chi connectivity index (χ0) is 15.9. The molecule has 2 fully saturated rings. The summed E-state index contributed by atoms with van der Waals surface area (Å²) in [5.41, 5.74) is 0. The first-order chi connectivity index (χ1) is 11.3. The Morgan fingerprint density at radius 1 is 0.783 bits per heavy atom. The van der Waals surface area contributed by atoms with Crippen molar-refractivity contribution in [1.82, 2.24) is 0 Å². The predicted octanol–water partition coefficient (Wildman–Crippen LogP) is 6.48. The van der Waals surface area contributed by atoms with Crippen LogP contribution >= 0.6 is 0 Å². The molecule has 1 heteroatoms. The lowest BCUT2D eigenvalue weighted by Gasteiger charge is -2.37. The molecule has 128 valence electrons. The minimum Gasteiger partial charge on any atom is -0.493 e. The van der Waals surface area contributed by atoms with Gasteiger partial charge in [-0.15, -0.1) is 0 Å². The van der Waals surface area contributed by atoms with E-state index in [4.69, 9.17) is 4.74 Å². The van der Waals surface area contributed by atoms with Crippen molar-refractivity contribution >= 4 is 0 Å². The maximum atomic E-state index is 5.97. The molecule has 1 aromatic rings. The van der Waals surface area contributed by atoms with Crippen molar-refractivity contribution in [3.05, 3.63) is 30.3 Å². The van der Waals surface area contributed by atoms with Crippen LogP contribution in [0, 0.1) is 23.7 Å². The summed E-state index contributed by atoms with van der Waals surface area (Å²) in [6.07, 6.45) is 14.6. The Labute approximate surface area is 142 Å². The highest BCUT2D eigenvalue weighted by molar-refractivity contribution is 5.20. The molecular weight excluding hydrogens is 280 g/mol. The third-order valence-electron chi connectivity index (χ3n) is 6.38. The number of ether oxygens (including phenoxy) is 1. The fourth-order valence-corrected chi connectivity index (χ4v) is 4.91. The van der Waals surface area contributed by atoms with Crippen LogP contribution in [0.3, 0.4) is 0 Å². The standard InChI is InChI=1S/C22H34O/c1-2-6-18-9-13-20(14-10-18)21-15-11-19(12-16-21)17-23-22-7-4-3-5-8-22/h3-5,7-8,18-21H,2,6,9-17H2,1H3. The van der Waals surface area contributed by atoms with Gasteiger partial charge in [0.05, 0.1) is 6.61 Å². The van der Waals surface area contributed by atoms with Crippen molar-refractivity contribution < 1.29 is 4.74 Å². The summed E-state index contributed by atoms with van der Waals surface area (Å²) in [5.74, 6) is 4.92. The van der Waals surface area contributed by atoms with Gasteiger partial charge in [-0.1, -0.05) is 50.8 Å². The van der Waals surface area contributed by atoms with E-state index in [2.05, 4.69) is 31.2 Å². The second kappa shape index (κ2) is 8.76. The molecule has 2 aliphatic carbocycles. The van der Waals surface area contributed by atoms with Gasteiger partial charge in [0, 0.05) is 0 Å². The average Bonchev–Trinajstić information content (AvgIpc) is 2.62. The summed E-state index contributed by atoms with van der Waals surface area (Å²) >= 11 is 0. The SMILES string of the molecule is CCCC1CCC(C2CCC(COc3ccccc3)CC2)CC1. The molecule has 0 bridgehead atoms. The van der Waals surface area contributed by atoms with Gasteiger partial charge in [-0.2, -0.15) is 0 Å². The van der Waals surface area contributed by atoms with Gasteiger partial charge in [0.2, 0.25) is 0 Å². The van der Waals surface area contributed by atoms with Crippen LogP contribution in [-0.4, -0.2) is 6.61 Å². The summed E-state index contributed by atoms with van der Waals surface area (Å²) in [6.45, 7) is 3.25. The molecular formula is C22H34O. The van der Waals surface area contributed by atoms with Crippen molar-refractivity contribution in [3.63, 3.8) is 0 Å². The van der Waals surface area contributed by atoms with Crippen LogP contribution in [0.4, 0.5) is 0 Å². The summed E-state index contributed by atoms with van der Waals surface area (Å²) in [5, 5.41) is 0. The Balaban J connectivity index is 1.36. The van der Waals surface area contributed by atoms with E-state index in [0.717, 1.165) is 36.0 Å². The highest BCUT2D eigenvalue weighted by Gasteiger charge is 2.30. The minimum atomic E-state index is 0.780. The second-order valence-electron chi connectivity index (χ2n) is 7.97. The summed E-state index contributed by atoms with van der Waals surface area (Å²) < 4.78 is 5.97. The fraction of sp³-hybridized carbons (Fsp3) is 0.727. The number of hydrogen-bond acceptors (Lipinski definition) is 1. The molecule has 1 nitrogen and oxygen atoms in total. The lowest BCUT2D eigenvalue weighted by Crippen LogP contribution is -2.27. The zero-order valence-electron chi connectivity index (χ0n) is 14.9. The monoisotopic (exact) mass is 314 g/mol. The molecule has 0 aliphatic heterocycles. The molecule has 0 atom stereocenters. The van der Waals surface area contributed by atoms with Crippen LogP contribution in [0.5, 0.6) is 5.75 Å². The van der Waals surface area contributed by atoms with E-state index in [1.807, 2.05) is 6.07 Å². The summed E-state index contributed by atoms with van der Waals surface area (Å²) in [7, 11) is 0. The molecule has 0 unspecified atom stereocenters. The van der Waals surface area contributed by atoms with Crippen molar-refractivity contribution in [2.45, 2.75) is 71.1 Å². The average molecular weight is 315 g/mol. The van der Waals surface area contributed by atoms with E-state index in [9.17, 15) is 0 Å². The number of rotatable bonds is 6. The molecule has 2 saturated carbocycles. The van der Waals surface area contributed by atoms with Gasteiger partial charge in [-0.25, -0.2) is 0 Å². The number of benzene rings is 1. The lowest BCUT2D eigenvalue weighted by molar-refractivity contribution is 0.122. The molecule has 0 amide bonds. The van der Waals surface area contributed by atoms with E-state index < -0.39 is 0 Å². The van der Waals surface area contributed by atoms with Gasteiger partial charge >= 0.3 is 0 Å². The van der Waals surface area contributed by atoms with E-state index in [-0.39, 0.29) is 0 Å². The van der Waals surface area contributed by atoms with Crippen LogP contribution in [0.1, 0.15) is 71.1 Å². The zero-order valence-corrected chi connectivity index (χ0v) is 14.9. The highest BCUT2D eigenvalue weighted by atomic mass is 16.5. The van der Waals surface area contributed by atoms with E-state index in [0.29, 0.717) is 0 Å². The molecule has 1 aromatic carbocycles. The Morgan fingerprint density at radius 3 is 1.91 bits per heavy atom. The van der Waals surface area contributed by atoms with Gasteiger partial charge in [0.1, 0.15) is 5.75 Å². The quantitative estimate of drug-likeness (QED) is 0.584. The largest absolute Gasteiger partial charge is 0.493 e. The molecule has 0 heterocycles. The Hall–Kier alpha value is -0.980. The third-order valence-corrected chi connectivity index (χ3v) is 6.38. The first-order valence-electron chi connectivity index (χ1n) is 10.0. The van der Waals surface area contributed by atoms with Gasteiger partial charge in [-0.05, 0) is 74.3 Å². The van der Waals surface area contributed by atoms with Crippen molar-refractivity contribution in [3.8, 4) is 5.75 Å². The van der Waals surface area contributed by atoms with E-state index in [1.165, 1.54) is 64.2 Å². The van der Waals surface area contributed by atoms with Gasteiger partial charge in [0.25, 0.3) is 0 Å². The molecule has 0 radical (unpaired) electrons. The maximum Gasteiger partial charge on any atom is 0.119 e. The summed E-state index contributed by atoms with van der Waals surface area (Å²) in [6, 6.07) is 10.3. The van der Waals surface area contributed by atoms with Crippen LogP contribution in [0.15, 0.2) is 30.3 Å². The number of para-hydroxylation sites is 1. The summed E-state index contributed by atoms with van der Waals surface area (Å²) in [4.78, 5) is 0. The Morgan fingerprint density at radius 2 is 1.35 bits per heavy atom. The topological polar surface area (TPSA) is 9.23 Å². The van der Waals surface area contributed by atoms with Crippen LogP contribution in [-0.2, 0) is 0 Å². The second-order valence-corrected chi connectivity index (χ2v) is 7.97. The molecule has 0 N–H and O–H groups in total. The van der Waals surface area contributed by atoms with Crippen molar-refractivity contribution in [1.29, 1.82) is 0 Å². The smallest absolute Gasteiger partial charge is 0.119 e. The minimum absolute atomic E-state index is 0.780. The predicted molar refractivity (Wildman–Crippen MR) is 97.7 cm³/mol. The first kappa shape index (κ1) is 16.9. The number of hydrogen-bond donors (Lipinski definition) is 0. The van der Waals surface area contributed by atoms with Crippen molar-refractivity contribution in [2.24, 2.45) is 23.7 Å². The first-order valence-corrected chi connectivity index (χ1v) is 10.0. The molecule has 0 aromatic heterocycles. The van der Waals surface area contributed by atoms with Gasteiger partial charge in [0.15, 0.2) is 0 Å². The van der Waals surface area contributed by atoms with Crippen LogP contribution in [0.25, 0.3) is 0 Å². The maximum absolute atomic E-state index is 5.97. The lowest BCUT2D eigenvalue weighted by atomic mass is 9.69. The normalized spacial score (nSPS) is 31.7. The molecule has 23 heavy (non-hydrogen) atoms. The van der Waals surface area contributed by atoms with Crippen LogP contribution < -0.4 is 4.74 Å². The Bertz CT molecular complexity index is 425.